The van der Waals surface area contributed by atoms with Crippen molar-refractivity contribution in [3.63, 3.8) is 0 Å². The molecule has 2 rings (SSSR count). The van der Waals surface area contributed by atoms with Crippen molar-refractivity contribution in [3.8, 4) is 6.07 Å². The van der Waals surface area contributed by atoms with Gasteiger partial charge in [-0.05, 0) is 49.2 Å². The van der Waals surface area contributed by atoms with Crippen LogP contribution >= 0.6 is 0 Å². The van der Waals surface area contributed by atoms with Crippen molar-refractivity contribution in [2.75, 3.05) is 5.32 Å². The summed E-state index contributed by atoms with van der Waals surface area (Å²) in [4.78, 5) is 12.0. The molecule has 1 aromatic heterocycles. The molecule has 0 saturated heterocycles. The maximum absolute atomic E-state index is 12.0. The van der Waals surface area contributed by atoms with E-state index in [4.69, 9.17) is 9.68 Å². The van der Waals surface area contributed by atoms with Crippen LogP contribution in [0.3, 0.4) is 0 Å². The highest BCUT2D eigenvalue weighted by molar-refractivity contribution is 6.09. The topological polar surface area (TPSA) is 66.0 Å². The molecule has 4 nitrogen and oxygen atoms in total. The zero-order valence-electron chi connectivity index (χ0n) is 11.3. The molecule has 1 N–H and O–H groups in total. The summed E-state index contributed by atoms with van der Waals surface area (Å²) in [5.41, 5.74) is 2.89. The maximum Gasteiger partial charge on any atom is 0.266 e. The molecule has 1 heterocycles. The molecule has 0 bridgehead atoms. The first-order valence-corrected chi connectivity index (χ1v) is 6.14. The Balaban J connectivity index is 2.18. The summed E-state index contributed by atoms with van der Waals surface area (Å²) in [6.45, 7) is 3.97. The fraction of sp³-hybridized carbons (Fsp3) is 0.125. The number of nitriles is 1. The van der Waals surface area contributed by atoms with Crippen LogP contribution in [-0.2, 0) is 4.79 Å². The number of aryl methyl sites for hydroxylation is 2. The fourth-order valence-electron chi connectivity index (χ4n) is 1.68. The molecule has 0 fully saturated rings. The SMILES string of the molecule is Cc1ccc(NC(=O)/C(C#N)=C/c2ccco2)cc1C. The summed E-state index contributed by atoms with van der Waals surface area (Å²) >= 11 is 0. The van der Waals surface area contributed by atoms with Crippen LogP contribution in [0.2, 0.25) is 0 Å². The molecule has 20 heavy (non-hydrogen) atoms. The second-order valence-corrected chi connectivity index (χ2v) is 4.44. The van der Waals surface area contributed by atoms with Crippen molar-refractivity contribution in [2.24, 2.45) is 0 Å². The molecular formula is C16H14N2O2. The normalized spacial score (nSPS) is 10.9. The second kappa shape index (κ2) is 5.89. The number of furan rings is 1. The van der Waals surface area contributed by atoms with Crippen LogP contribution in [-0.4, -0.2) is 5.91 Å². The van der Waals surface area contributed by atoms with Crippen LogP contribution in [0.25, 0.3) is 6.08 Å². The smallest absolute Gasteiger partial charge is 0.266 e. The fourth-order valence-corrected chi connectivity index (χ4v) is 1.68. The van der Waals surface area contributed by atoms with E-state index in [1.165, 1.54) is 12.3 Å². The molecule has 0 saturated carbocycles. The number of anilines is 1. The predicted octanol–water partition coefficient (Wildman–Crippen LogP) is 3.44. The van der Waals surface area contributed by atoms with Gasteiger partial charge in [0.1, 0.15) is 17.4 Å². The Hall–Kier alpha value is -2.80. The lowest BCUT2D eigenvalue weighted by molar-refractivity contribution is -0.112. The Morgan fingerprint density at radius 2 is 2.10 bits per heavy atom. The molecule has 0 spiro atoms. The maximum atomic E-state index is 12.0. The second-order valence-electron chi connectivity index (χ2n) is 4.44. The molecule has 1 aromatic carbocycles. The zero-order chi connectivity index (χ0) is 14.5. The Bertz CT molecular complexity index is 692. The van der Waals surface area contributed by atoms with E-state index in [1.807, 2.05) is 38.1 Å². The summed E-state index contributed by atoms with van der Waals surface area (Å²) in [5.74, 6) is 0.0175. The summed E-state index contributed by atoms with van der Waals surface area (Å²) in [7, 11) is 0. The lowest BCUT2D eigenvalue weighted by Gasteiger charge is -2.06. The number of rotatable bonds is 3. The minimum absolute atomic E-state index is 0.00169. The average Bonchev–Trinajstić information content (AvgIpc) is 2.93. The summed E-state index contributed by atoms with van der Waals surface area (Å²) in [6.07, 6.45) is 2.90. The van der Waals surface area contributed by atoms with E-state index >= 15 is 0 Å². The molecule has 2 aromatic rings. The van der Waals surface area contributed by atoms with Gasteiger partial charge in [0.15, 0.2) is 0 Å². The summed E-state index contributed by atoms with van der Waals surface area (Å²) in [5, 5.41) is 11.8. The van der Waals surface area contributed by atoms with Gasteiger partial charge in [-0.2, -0.15) is 5.26 Å². The number of nitrogens with zero attached hydrogens (tertiary/aromatic N) is 1. The van der Waals surface area contributed by atoms with Gasteiger partial charge in [-0.25, -0.2) is 0 Å². The minimum atomic E-state index is -0.452. The number of hydrogen-bond acceptors (Lipinski definition) is 3. The van der Waals surface area contributed by atoms with Gasteiger partial charge in [-0.3, -0.25) is 4.79 Å². The van der Waals surface area contributed by atoms with Gasteiger partial charge in [-0.1, -0.05) is 6.07 Å². The van der Waals surface area contributed by atoms with E-state index < -0.39 is 5.91 Å². The third-order valence-electron chi connectivity index (χ3n) is 2.96. The van der Waals surface area contributed by atoms with Crippen LogP contribution in [0.15, 0.2) is 46.6 Å². The average molecular weight is 266 g/mol. The van der Waals surface area contributed by atoms with Crippen LogP contribution in [0.4, 0.5) is 5.69 Å². The Morgan fingerprint density at radius 3 is 2.70 bits per heavy atom. The van der Waals surface area contributed by atoms with Crippen molar-refractivity contribution in [1.29, 1.82) is 5.26 Å². The number of nitrogens with one attached hydrogen (secondary N) is 1. The lowest BCUT2D eigenvalue weighted by Crippen LogP contribution is -2.13. The van der Waals surface area contributed by atoms with E-state index in [9.17, 15) is 4.79 Å². The van der Waals surface area contributed by atoms with Gasteiger partial charge < -0.3 is 9.73 Å². The van der Waals surface area contributed by atoms with Crippen LogP contribution in [0.1, 0.15) is 16.9 Å². The quantitative estimate of drug-likeness (QED) is 0.683. The van der Waals surface area contributed by atoms with Crippen LogP contribution in [0, 0.1) is 25.2 Å². The highest BCUT2D eigenvalue weighted by atomic mass is 16.3. The van der Waals surface area contributed by atoms with Gasteiger partial charge in [0.2, 0.25) is 0 Å². The van der Waals surface area contributed by atoms with Crippen LogP contribution in [0.5, 0.6) is 0 Å². The molecule has 1 amide bonds. The van der Waals surface area contributed by atoms with Crippen molar-refractivity contribution in [2.45, 2.75) is 13.8 Å². The number of benzene rings is 1. The van der Waals surface area contributed by atoms with E-state index in [1.54, 1.807) is 12.1 Å². The van der Waals surface area contributed by atoms with E-state index in [2.05, 4.69) is 5.32 Å². The number of carbonyl (C=O) groups is 1. The van der Waals surface area contributed by atoms with Gasteiger partial charge in [0.25, 0.3) is 5.91 Å². The molecule has 4 heteroatoms. The first-order chi connectivity index (χ1) is 9.60. The van der Waals surface area contributed by atoms with E-state index in [-0.39, 0.29) is 5.57 Å². The van der Waals surface area contributed by atoms with E-state index in [0.717, 1.165) is 11.1 Å². The molecule has 0 aliphatic heterocycles. The molecule has 100 valence electrons. The Kier molecular flexibility index (Phi) is 4.02. The molecule has 0 unspecified atom stereocenters. The van der Waals surface area contributed by atoms with Crippen molar-refractivity contribution < 1.29 is 9.21 Å². The molecule has 0 aliphatic rings. The highest BCUT2D eigenvalue weighted by Gasteiger charge is 2.10. The largest absolute Gasteiger partial charge is 0.465 e. The monoisotopic (exact) mass is 266 g/mol. The summed E-state index contributed by atoms with van der Waals surface area (Å²) in [6, 6.07) is 10.9. The molecule has 0 radical (unpaired) electrons. The number of hydrogen-bond donors (Lipinski definition) is 1. The Morgan fingerprint density at radius 1 is 1.30 bits per heavy atom. The van der Waals surface area contributed by atoms with Crippen molar-refractivity contribution in [3.05, 3.63) is 59.1 Å². The van der Waals surface area contributed by atoms with Gasteiger partial charge in [0.05, 0.1) is 6.26 Å². The lowest BCUT2D eigenvalue weighted by atomic mass is 10.1. The minimum Gasteiger partial charge on any atom is -0.465 e. The third-order valence-corrected chi connectivity index (χ3v) is 2.96. The van der Waals surface area contributed by atoms with Gasteiger partial charge in [-0.15, -0.1) is 0 Å². The zero-order valence-corrected chi connectivity index (χ0v) is 11.3. The summed E-state index contributed by atoms with van der Waals surface area (Å²) < 4.78 is 5.09. The first kappa shape index (κ1) is 13.6. The third kappa shape index (κ3) is 3.15. The standard InChI is InChI=1S/C16H14N2O2/c1-11-5-6-14(8-12(11)2)18-16(19)13(10-17)9-15-4-3-7-20-15/h3-9H,1-2H3,(H,18,19)/b13-9+. The highest BCUT2D eigenvalue weighted by Crippen LogP contribution is 2.15. The number of amides is 1. The predicted molar refractivity (Wildman–Crippen MR) is 76.8 cm³/mol. The van der Waals surface area contributed by atoms with Gasteiger partial charge in [0, 0.05) is 11.8 Å². The van der Waals surface area contributed by atoms with Crippen molar-refractivity contribution in [1.82, 2.24) is 0 Å². The molecule has 0 aliphatic carbocycles. The van der Waals surface area contributed by atoms with E-state index in [0.29, 0.717) is 11.4 Å². The molecular weight excluding hydrogens is 252 g/mol. The van der Waals surface area contributed by atoms with Crippen LogP contribution < -0.4 is 5.32 Å². The Labute approximate surface area is 117 Å². The number of carbonyl (C=O) groups excluding carboxylic acids is 1. The first-order valence-electron chi connectivity index (χ1n) is 6.14. The van der Waals surface area contributed by atoms with Gasteiger partial charge >= 0.3 is 0 Å². The molecule has 0 atom stereocenters. The van der Waals surface area contributed by atoms with Crippen molar-refractivity contribution >= 4 is 17.7 Å².